The van der Waals surface area contributed by atoms with Gasteiger partial charge in [-0.2, -0.15) is 13.2 Å². The number of benzene rings is 1. The van der Waals surface area contributed by atoms with Crippen molar-refractivity contribution in [3.63, 3.8) is 0 Å². The maximum Gasteiger partial charge on any atom is 0.491 e. The molecule has 1 saturated heterocycles. The van der Waals surface area contributed by atoms with Crippen molar-refractivity contribution in [3.05, 3.63) is 37.5 Å². The van der Waals surface area contributed by atoms with Crippen LogP contribution in [0.5, 0.6) is 5.75 Å². The van der Waals surface area contributed by atoms with Crippen LogP contribution in [0.4, 0.5) is 18.9 Å². The maximum atomic E-state index is 12.8. The molecule has 1 aliphatic rings. The maximum absolute atomic E-state index is 12.8. The average molecular weight is 582 g/mol. The number of nitrogens with one attached hydrogen (secondary N) is 1. The standard InChI is InChI=1S/C18H14Cl3F3N2O6S2/c1-26-5-4-9(7-26)31-16(27)10-3-2-8(6-11(10)32-17(28)18(22,23)24)25-34(29,30)13-12(19)14(20)33-15(13)21/h2-3,6,9,25H,4-5,7H2,1H3. The van der Waals surface area contributed by atoms with E-state index >= 15 is 0 Å². The second-order valence-corrected chi connectivity index (χ2v) is 11.3. The van der Waals surface area contributed by atoms with E-state index in [1.54, 1.807) is 7.05 Å². The van der Waals surface area contributed by atoms with Gasteiger partial charge in [0, 0.05) is 19.2 Å². The third-order valence-electron chi connectivity index (χ3n) is 4.51. The Hall–Kier alpha value is -1.77. The lowest BCUT2D eigenvalue weighted by atomic mass is 10.2. The predicted octanol–water partition coefficient (Wildman–Crippen LogP) is 4.84. The molecule has 0 bridgehead atoms. The molecule has 186 valence electrons. The van der Waals surface area contributed by atoms with Gasteiger partial charge in [0.05, 0.1) is 10.7 Å². The molecule has 1 aliphatic heterocycles. The Morgan fingerprint density at radius 2 is 1.88 bits per heavy atom. The van der Waals surface area contributed by atoms with Gasteiger partial charge >= 0.3 is 18.1 Å². The van der Waals surface area contributed by atoms with Crippen LogP contribution in [0.3, 0.4) is 0 Å². The van der Waals surface area contributed by atoms with E-state index in [1.807, 2.05) is 9.62 Å². The number of rotatable bonds is 6. The number of hydrogen-bond donors (Lipinski definition) is 1. The number of likely N-dealkylation sites (tertiary alicyclic amines) is 1. The number of hydrogen-bond acceptors (Lipinski definition) is 8. The van der Waals surface area contributed by atoms with E-state index in [0.29, 0.717) is 30.8 Å². The lowest BCUT2D eigenvalue weighted by molar-refractivity contribution is -0.189. The number of anilines is 1. The highest BCUT2D eigenvalue weighted by Gasteiger charge is 2.42. The van der Waals surface area contributed by atoms with E-state index in [1.165, 1.54) is 0 Å². The van der Waals surface area contributed by atoms with E-state index in [9.17, 15) is 31.2 Å². The molecule has 3 rings (SSSR count). The number of esters is 2. The molecule has 2 heterocycles. The first kappa shape index (κ1) is 26.8. The average Bonchev–Trinajstić information content (AvgIpc) is 3.22. The number of alkyl halides is 3. The van der Waals surface area contributed by atoms with Crippen molar-refractivity contribution in [2.45, 2.75) is 23.6 Å². The van der Waals surface area contributed by atoms with Gasteiger partial charge in [0.25, 0.3) is 10.0 Å². The molecule has 2 aromatic rings. The normalized spacial score (nSPS) is 17.0. The Morgan fingerprint density at radius 3 is 2.41 bits per heavy atom. The molecule has 1 unspecified atom stereocenters. The number of halogens is 6. The molecular weight excluding hydrogens is 568 g/mol. The number of carbonyl (C=O) groups is 2. The first-order chi connectivity index (χ1) is 15.7. The van der Waals surface area contributed by atoms with Crippen LogP contribution < -0.4 is 9.46 Å². The smallest absolute Gasteiger partial charge is 0.457 e. The van der Waals surface area contributed by atoms with Gasteiger partial charge in [-0.1, -0.05) is 34.8 Å². The van der Waals surface area contributed by atoms with E-state index in [2.05, 4.69) is 4.74 Å². The van der Waals surface area contributed by atoms with Gasteiger partial charge in [-0.05, 0) is 25.6 Å². The fraction of sp³-hybridized carbons (Fsp3) is 0.333. The predicted molar refractivity (Wildman–Crippen MR) is 120 cm³/mol. The summed E-state index contributed by atoms with van der Waals surface area (Å²) >= 11 is 18.3. The van der Waals surface area contributed by atoms with Gasteiger partial charge in [0.1, 0.15) is 31.0 Å². The summed E-state index contributed by atoms with van der Waals surface area (Å²) < 4.78 is 75.1. The number of ether oxygens (including phenoxy) is 2. The summed E-state index contributed by atoms with van der Waals surface area (Å²) in [6.07, 6.45) is -5.39. The number of sulfonamides is 1. The van der Waals surface area contributed by atoms with E-state index in [0.717, 1.165) is 18.2 Å². The Kier molecular flexibility index (Phi) is 7.95. The second kappa shape index (κ2) is 10.1. The van der Waals surface area contributed by atoms with Crippen molar-refractivity contribution in [2.24, 2.45) is 0 Å². The molecule has 0 amide bonds. The minimum absolute atomic E-state index is 0.0949. The highest BCUT2D eigenvalue weighted by molar-refractivity contribution is 7.93. The Labute approximate surface area is 210 Å². The first-order valence-electron chi connectivity index (χ1n) is 9.17. The molecule has 0 saturated carbocycles. The SMILES string of the molecule is CN1CCC(OC(=O)c2ccc(NS(=O)(=O)c3c(Cl)sc(Cl)c3Cl)cc2OC(=O)C(F)(F)F)C1. The number of likely N-dealkylation sites (N-methyl/N-ethyl adjacent to an activating group) is 1. The zero-order valence-corrected chi connectivity index (χ0v) is 20.8. The molecule has 1 aromatic heterocycles. The summed E-state index contributed by atoms with van der Waals surface area (Å²) in [7, 11) is -2.66. The molecular formula is C18H14Cl3F3N2O6S2. The van der Waals surface area contributed by atoms with Crippen LogP contribution in [0.15, 0.2) is 23.1 Å². The second-order valence-electron chi connectivity index (χ2n) is 7.07. The van der Waals surface area contributed by atoms with Crippen LogP contribution in [0.2, 0.25) is 13.7 Å². The Morgan fingerprint density at radius 1 is 1.21 bits per heavy atom. The van der Waals surface area contributed by atoms with E-state index in [-0.39, 0.29) is 19.4 Å². The highest BCUT2D eigenvalue weighted by Crippen LogP contribution is 2.43. The number of thiophene rings is 1. The van der Waals surface area contributed by atoms with Crippen LogP contribution in [0.25, 0.3) is 0 Å². The molecule has 1 atom stereocenters. The van der Waals surface area contributed by atoms with Crippen LogP contribution >= 0.6 is 46.1 Å². The van der Waals surface area contributed by atoms with Crippen molar-refractivity contribution >= 4 is 73.8 Å². The first-order valence-corrected chi connectivity index (χ1v) is 12.6. The molecule has 16 heteroatoms. The summed E-state index contributed by atoms with van der Waals surface area (Å²) in [6, 6.07) is 2.76. The molecule has 1 N–H and O–H groups in total. The van der Waals surface area contributed by atoms with Crippen molar-refractivity contribution < 1.29 is 40.7 Å². The third kappa shape index (κ3) is 6.07. The van der Waals surface area contributed by atoms with Crippen LogP contribution in [-0.4, -0.2) is 57.7 Å². The van der Waals surface area contributed by atoms with Crippen molar-refractivity contribution in [2.75, 3.05) is 24.9 Å². The van der Waals surface area contributed by atoms with Crippen molar-refractivity contribution in [1.82, 2.24) is 4.90 Å². The van der Waals surface area contributed by atoms with Gasteiger partial charge in [0.2, 0.25) is 0 Å². The molecule has 0 aliphatic carbocycles. The lowest BCUT2D eigenvalue weighted by Crippen LogP contribution is -2.29. The minimum Gasteiger partial charge on any atom is -0.457 e. The fourth-order valence-electron chi connectivity index (χ4n) is 2.98. The van der Waals surface area contributed by atoms with Gasteiger partial charge in [-0.15, -0.1) is 11.3 Å². The summed E-state index contributed by atoms with van der Waals surface area (Å²) in [5.41, 5.74) is -0.860. The third-order valence-corrected chi connectivity index (χ3v) is 8.51. The summed E-state index contributed by atoms with van der Waals surface area (Å²) in [5, 5.41) is -0.352. The zero-order valence-electron chi connectivity index (χ0n) is 16.9. The van der Waals surface area contributed by atoms with Crippen LogP contribution in [0.1, 0.15) is 16.8 Å². The summed E-state index contributed by atoms with van der Waals surface area (Å²) in [6.45, 7) is 1.05. The van der Waals surface area contributed by atoms with E-state index < -0.39 is 50.5 Å². The largest absolute Gasteiger partial charge is 0.491 e. The number of carbonyl (C=O) groups excluding carboxylic acids is 2. The minimum atomic E-state index is -5.38. The molecule has 0 spiro atoms. The fourth-order valence-corrected chi connectivity index (χ4v) is 6.88. The van der Waals surface area contributed by atoms with Gasteiger partial charge < -0.3 is 14.4 Å². The summed E-state index contributed by atoms with van der Waals surface area (Å²) in [5.74, 6) is -4.52. The molecule has 0 radical (unpaired) electrons. The zero-order chi connectivity index (χ0) is 25.4. The van der Waals surface area contributed by atoms with E-state index in [4.69, 9.17) is 39.5 Å². The van der Waals surface area contributed by atoms with Crippen molar-refractivity contribution in [3.8, 4) is 5.75 Å². The lowest BCUT2D eigenvalue weighted by Gasteiger charge is -2.16. The molecule has 1 fully saturated rings. The Bertz CT molecular complexity index is 1240. The topological polar surface area (TPSA) is 102 Å². The molecule has 34 heavy (non-hydrogen) atoms. The monoisotopic (exact) mass is 580 g/mol. The molecule has 8 nitrogen and oxygen atoms in total. The summed E-state index contributed by atoms with van der Waals surface area (Å²) in [4.78, 5) is 25.3. The van der Waals surface area contributed by atoms with Crippen LogP contribution in [-0.2, 0) is 19.6 Å². The quantitative estimate of drug-likeness (QED) is 0.385. The van der Waals surface area contributed by atoms with Gasteiger partial charge in [-0.3, -0.25) is 4.72 Å². The molecule has 1 aromatic carbocycles. The van der Waals surface area contributed by atoms with Gasteiger partial charge in [0.15, 0.2) is 0 Å². The number of nitrogens with zero attached hydrogens (tertiary/aromatic N) is 1. The van der Waals surface area contributed by atoms with Gasteiger partial charge in [-0.25, -0.2) is 18.0 Å². The Balaban J connectivity index is 1.94. The highest BCUT2D eigenvalue weighted by atomic mass is 35.5. The van der Waals surface area contributed by atoms with Crippen LogP contribution in [0, 0.1) is 0 Å². The van der Waals surface area contributed by atoms with Crippen molar-refractivity contribution in [1.29, 1.82) is 0 Å².